The van der Waals surface area contributed by atoms with Gasteiger partial charge in [-0.25, -0.2) is 4.79 Å². The van der Waals surface area contributed by atoms with E-state index in [-0.39, 0.29) is 24.4 Å². The maximum absolute atomic E-state index is 13.3. The molecule has 3 amide bonds. The van der Waals surface area contributed by atoms with Crippen LogP contribution in [0.2, 0.25) is 0 Å². The molecule has 2 aliphatic rings. The highest BCUT2D eigenvalue weighted by molar-refractivity contribution is 6.07. The third-order valence-electron chi connectivity index (χ3n) is 5.29. The lowest BCUT2D eigenvalue weighted by Gasteiger charge is -2.38. The number of carbonyl (C=O) groups is 2. The molecule has 2 N–H and O–H groups in total. The van der Waals surface area contributed by atoms with Gasteiger partial charge in [-0.15, -0.1) is 0 Å². The first-order valence-corrected chi connectivity index (χ1v) is 9.12. The Morgan fingerprint density at radius 3 is 2.68 bits per heavy atom. The summed E-state index contributed by atoms with van der Waals surface area (Å²) in [6.45, 7) is 6.25. The van der Waals surface area contributed by atoms with Crippen molar-refractivity contribution < 1.29 is 9.59 Å². The molecule has 0 radical (unpaired) electrons. The van der Waals surface area contributed by atoms with Crippen molar-refractivity contribution in [3.8, 4) is 0 Å². The Morgan fingerprint density at radius 1 is 1.28 bits per heavy atom. The minimum absolute atomic E-state index is 0.101. The van der Waals surface area contributed by atoms with Crippen LogP contribution in [-0.4, -0.2) is 45.4 Å². The van der Waals surface area contributed by atoms with Crippen LogP contribution in [0.15, 0.2) is 18.6 Å². The maximum atomic E-state index is 13.3. The van der Waals surface area contributed by atoms with E-state index >= 15 is 0 Å². The lowest BCUT2D eigenvalue weighted by molar-refractivity contribution is -0.134. The van der Waals surface area contributed by atoms with Crippen molar-refractivity contribution in [3.05, 3.63) is 24.3 Å². The number of urea groups is 1. The fourth-order valence-corrected chi connectivity index (χ4v) is 3.84. The molecule has 7 heteroatoms. The molecule has 1 aromatic rings. The van der Waals surface area contributed by atoms with Gasteiger partial charge in [0.25, 0.3) is 5.91 Å². The number of piperidine rings is 1. The first-order valence-electron chi connectivity index (χ1n) is 9.12. The number of nitrogens with one attached hydrogen (secondary N) is 2. The Balaban J connectivity index is 1.84. The second-order valence-corrected chi connectivity index (χ2v) is 7.45. The smallest absolute Gasteiger partial charge is 0.323 e. The molecule has 1 atom stereocenters. The second kappa shape index (κ2) is 7.47. The van der Waals surface area contributed by atoms with Crippen molar-refractivity contribution in [3.63, 3.8) is 0 Å². The van der Waals surface area contributed by atoms with Crippen LogP contribution < -0.4 is 10.6 Å². The van der Waals surface area contributed by atoms with Crippen molar-refractivity contribution in [1.29, 1.82) is 0 Å². The molecule has 3 rings (SSSR count). The van der Waals surface area contributed by atoms with E-state index in [1.54, 1.807) is 18.6 Å². The predicted octanol–water partition coefficient (Wildman–Crippen LogP) is 1.70. The van der Waals surface area contributed by atoms with Crippen molar-refractivity contribution in [1.82, 2.24) is 25.5 Å². The van der Waals surface area contributed by atoms with E-state index in [4.69, 9.17) is 0 Å². The molecule has 1 aromatic heterocycles. The lowest BCUT2D eigenvalue weighted by Crippen LogP contribution is -2.55. The molecule has 2 fully saturated rings. The molecule has 136 valence electrons. The molecule has 0 bridgehead atoms. The summed E-state index contributed by atoms with van der Waals surface area (Å²) in [6, 6.07) is -0.307. The molecule has 2 saturated heterocycles. The minimum Gasteiger partial charge on any atom is -0.323 e. The zero-order chi connectivity index (χ0) is 17.9. The van der Waals surface area contributed by atoms with Gasteiger partial charge in [0.2, 0.25) is 0 Å². The number of nitrogens with zero attached hydrogens (tertiary/aromatic N) is 3. The Hall–Kier alpha value is -2.02. The highest BCUT2D eigenvalue weighted by Crippen LogP contribution is 2.37. The zero-order valence-electron chi connectivity index (χ0n) is 15.0. The third kappa shape index (κ3) is 3.66. The van der Waals surface area contributed by atoms with Gasteiger partial charge in [-0.05, 0) is 50.6 Å². The first kappa shape index (κ1) is 17.8. The van der Waals surface area contributed by atoms with E-state index in [0.29, 0.717) is 18.0 Å². The Bertz CT molecular complexity index is 615. The largest absolute Gasteiger partial charge is 0.325 e. The van der Waals surface area contributed by atoms with E-state index in [1.807, 2.05) is 0 Å². The summed E-state index contributed by atoms with van der Waals surface area (Å²) in [5.41, 5.74) is -0.151. The van der Waals surface area contributed by atoms with Gasteiger partial charge in [-0.1, -0.05) is 13.8 Å². The van der Waals surface area contributed by atoms with Crippen LogP contribution in [0.1, 0.15) is 45.2 Å². The molecule has 25 heavy (non-hydrogen) atoms. The van der Waals surface area contributed by atoms with Crippen LogP contribution >= 0.6 is 0 Å². The number of hydrogen-bond donors (Lipinski definition) is 2. The fraction of sp³-hybridized carbons (Fsp3) is 0.667. The van der Waals surface area contributed by atoms with Crippen LogP contribution in [0, 0.1) is 11.8 Å². The highest BCUT2D eigenvalue weighted by Gasteiger charge is 2.55. The van der Waals surface area contributed by atoms with E-state index in [1.165, 1.54) is 4.90 Å². The van der Waals surface area contributed by atoms with E-state index in [9.17, 15) is 9.59 Å². The maximum Gasteiger partial charge on any atom is 0.325 e. The molecule has 0 aromatic carbocycles. The Morgan fingerprint density at radius 2 is 2.04 bits per heavy atom. The average Bonchev–Trinajstić information content (AvgIpc) is 2.87. The van der Waals surface area contributed by atoms with Gasteiger partial charge < -0.3 is 10.6 Å². The predicted molar refractivity (Wildman–Crippen MR) is 93.5 cm³/mol. The number of rotatable bonds is 6. The number of amides is 3. The number of imide groups is 1. The standard InChI is InChI=1S/C18H27N5O2/c1-13(2)3-6-18(14-4-7-19-8-5-14)16(24)23(17(25)22-18)12-15-11-20-9-10-21-15/h9-11,13-14,19H,3-8,12H2,1-2H3,(H,22,25). The summed E-state index contributed by atoms with van der Waals surface area (Å²) >= 11 is 0. The lowest BCUT2D eigenvalue weighted by atomic mass is 9.74. The van der Waals surface area contributed by atoms with Crippen LogP contribution in [-0.2, 0) is 11.3 Å². The van der Waals surface area contributed by atoms with Gasteiger partial charge in [0, 0.05) is 12.4 Å². The minimum atomic E-state index is -0.772. The summed E-state index contributed by atoms with van der Waals surface area (Å²) < 4.78 is 0. The Labute approximate surface area is 148 Å². The monoisotopic (exact) mass is 345 g/mol. The van der Waals surface area contributed by atoms with Gasteiger partial charge in [-0.3, -0.25) is 19.7 Å². The zero-order valence-corrected chi connectivity index (χ0v) is 15.0. The fourth-order valence-electron chi connectivity index (χ4n) is 3.84. The number of aromatic nitrogens is 2. The first-order chi connectivity index (χ1) is 12.0. The quantitative estimate of drug-likeness (QED) is 0.766. The number of hydrogen-bond acceptors (Lipinski definition) is 5. The highest BCUT2D eigenvalue weighted by atomic mass is 16.2. The van der Waals surface area contributed by atoms with E-state index in [2.05, 4.69) is 34.4 Å². The second-order valence-electron chi connectivity index (χ2n) is 7.45. The van der Waals surface area contributed by atoms with Crippen LogP contribution in [0.5, 0.6) is 0 Å². The Kier molecular flexibility index (Phi) is 5.32. The topological polar surface area (TPSA) is 87.2 Å². The van der Waals surface area contributed by atoms with Crippen LogP contribution in [0.25, 0.3) is 0 Å². The van der Waals surface area contributed by atoms with Crippen molar-refractivity contribution >= 4 is 11.9 Å². The molecule has 3 heterocycles. The van der Waals surface area contributed by atoms with Gasteiger partial charge >= 0.3 is 6.03 Å². The van der Waals surface area contributed by atoms with Gasteiger partial charge in [0.1, 0.15) is 5.54 Å². The van der Waals surface area contributed by atoms with Gasteiger partial charge in [-0.2, -0.15) is 0 Å². The third-order valence-corrected chi connectivity index (χ3v) is 5.29. The SMILES string of the molecule is CC(C)CCC1(C2CCNCC2)NC(=O)N(Cc2cnccn2)C1=O. The van der Waals surface area contributed by atoms with Gasteiger partial charge in [0.05, 0.1) is 18.4 Å². The molecule has 0 spiro atoms. The molecular weight excluding hydrogens is 318 g/mol. The molecule has 0 aliphatic carbocycles. The van der Waals surface area contributed by atoms with Crippen molar-refractivity contribution in [2.45, 2.75) is 51.6 Å². The summed E-state index contributed by atoms with van der Waals surface area (Å²) in [5, 5.41) is 6.42. The average molecular weight is 345 g/mol. The van der Waals surface area contributed by atoms with Crippen molar-refractivity contribution in [2.75, 3.05) is 13.1 Å². The van der Waals surface area contributed by atoms with Crippen LogP contribution in [0.3, 0.4) is 0 Å². The molecule has 0 saturated carbocycles. The van der Waals surface area contributed by atoms with E-state index in [0.717, 1.165) is 32.4 Å². The summed E-state index contributed by atoms with van der Waals surface area (Å²) in [7, 11) is 0. The molecule has 2 aliphatic heterocycles. The molecule has 7 nitrogen and oxygen atoms in total. The summed E-state index contributed by atoms with van der Waals surface area (Å²) in [6.07, 6.45) is 8.17. The number of carbonyl (C=O) groups excluding carboxylic acids is 2. The van der Waals surface area contributed by atoms with Crippen molar-refractivity contribution in [2.24, 2.45) is 11.8 Å². The summed E-state index contributed by atoms with van der Waals surface area (Å²) in [5.74, 6) is 0.559. The van der Waals surface area contributed by atoms with Gasteiger partial charge in [0.15, 0.2) is 0 Å². The molecular formula is C18H27N5O2. The van der Waals surface area contributed by atoms with E-state index < -0.39 is 5.54 Å². The molecule has 1 unspecified atom stereocenters. The van der Waals surface area contributed by atoms with Crippen LogP contribution in [0.4, 0.5) is 4.79 Å². The normalized spacial score (nSPS) is 24.8. The summed E-state index contributed by atoms with van der Waals surface area (Å²) in [4.78, 5) is 35.5.